The van der Waals surface area contributed by atoms with E-state index in [0.29, 0.717) is 11.7 Å². The van der Waals surface area contributed by atoms with Gasteiger partial charge in [0.2, 0.25) is 0 Å². The van der Waals surface area contributed by atoms with E-state index in [1.165, 1.54) is 24.3 Å². The summed E-state index contributed by atoms with van der Waals surface area (Å²) in [5.74, 6) is 0.962. The number of ether oxygens (including phenoxy) is 1. The van der Waals surface area contributed by atoms with Crippen molar-refractivity contribution in [3.63, 3.8) is 0 Å². The first-order chi connectivity index (χ1) is 9.54. The van der Waals surface area contributed by atoms with E-state index in [4.69, 9.17) is 4.74 Å². The molecule has 1 aromatic rings. The lowest BCUT2D eigenvalue weighted by atomic mass is 10.1. The van der Waals surface area contributed by atoms with Gasteiger partial charge in [-0.15, -0.1) is 0 Å². The molecular formula is C14H18N2O4. The van der Waals surface area contributed by atoms with Crippen molar-refractivity contribution in [2.75, 3.05) is 6.61 Å². The van der Waals surface area contributed by atoms with Gasteiger partial charge in [0.1, 0.15) is 5.75 Å². The van der Waals surface area contributed by atoms with Crippen molar-refractivity contribution in [1.82, 2.24) is 5.32 Å². The second-order valence-electron chi connectivity index (χ2n) is 5.22. The highest BCUT2D eigenvalue weighted by Crippen LogP contribution is 2.24. The third-order valence-electron chi connectivity index (χ3n) is 3.48. The lowest BCUT2D eigenvalue weighted by Crippen LogP contribution is -2.36. The average molecular weight is 278 g/mol. The number of nitro benzene ring substituents is 1. The monoisotopic (exact) mass is 278 g/mol. The highest BCUT2D eigenvalue weighted by atomic mass is 16.6. The molecule has 0 spiro atoms. The Morgan fingerprint density at radius 1 is 1.40 bits per heavy atom. The van der Waals surface area contributed by atoms with Gasteiger partial charge in [-0.25, -0.2) is 0 Å². The van der Waals surface area contributed by atoms with E-state index in [-0.39, 0.29) is 24.2 Å². The quantitative estimate of drug-likeness (QED) is 0.661. The molecule has 1 amide bonds. The number of carbonyl (C=O) groups is 1. The largest absolute Gasteiger partial charge is 0.484 e. The van der Waals surface area contributed by atoms with Crippen molar-refractivity contribution in [2.24, 2.45) is 5.92 Å². The van der Waals surface area contributed by atoms with Gasteiger partial charge in [-0.3, -0.25) is 14.9 Å². The molecule has 2 rings (SSSR count). The van der Waals surface area contributed by atoms with Gasteiger partial charge in [0, 0.05) is 18.2 Å². The highest BCUT2D eigenvalue weighted by molar-refractivity contribution is 5.77. The summed E-state index contributed by atoms with van der Waals surface area (Å²) in [6.45, 7) is 2.11. The van der Waals surface area contributed by atoms with Crippen LogP contribution in [0.15, 0.2) is 24.3 Å². The Kier molecular flexibility index (Phi) is 4.55. The molecule has 6 nitrogen and oxygen atoms in total. The van der Waals surface area contributed by atoms with Gasteiger partial charge >= 0.3 is 0 Å². The summed E-state index contributed by atoms with van der Waals surface area (Å²) >= 11 is 0. The molecule has 0 bridgehead atoms. The van der Waals surface area contributed by atoms with Crippen LogP contribution in [-0.4, -0.2) is 23.5 Å². The second-order valence-corrected chi connectivity index (χ2v) is 5.22. The topological polar surface area (TPSA) is 81.5 Å². The van der Waals surface area contributed by atoms with E-state index in [9.17, 15) is 14.9 Å². The molecule has 6 heteroatoms. The Morgan fingerprint density at radius 3 is 2.65 bits per heavy atom. The molecule has 0 aliphatic heterocycles. The minimum atomic E-state index is -0.474. The van der Waals surface area contributed by atoms with Crippen LogP contribution in [0.4, 0.5) is 5.69 Å². The van der Waals surface area contributed by atoms with Crippen molar-refractivity contribution in [3.05, 3.63) is 34.4 Å². The van der Waals surface area contributed by atoms with Gasteiger partial charge < -0.3 is 10.1 Å². The molecule has 2 unspecified atom stereocenters. The fourth-order valence-electron chi connectivity index (χ4n) is 2.42. The Hall–Kier alpha value is -2.11. The summed E-state index contributed by atoms with van der Waals surface area (Å²) in [6, 6.07) is 5.93. The fourth-order valence-corrected chi connectivity index (χ4v) is 2.42. The third-order valence-corrected chi connectivity index (χ3v) is 3.48. The van der Waals surface area contributed by atoms with Crippen molar-refractivity contribution in [2.45, 2.75) is 32.2 Å². The second kappa shape index (κ2) is 6.36. The highest BCUT2D eigenvalue weighted by Gasteiger charge is 2.22. The maximum Gasteiger partial charge on any atom is 0.269 e. The lowest BCUT2D eigenvalue weighted by molar-refractivity contribution is -0.384. The van der Waals surface area contributed by atoms with Crippen molar-refractivity contribution in [3.8, 4) is 5.75 Å². The van der Waals surface area contributed by atoms with Crippen molar-refractivity contribution in [1.29, 1.82) is 0 Å². The summed E-state index contributed by atoms with van der Waals surface area (Å²) in [6.07, 6.45) is 3.18. The Balaban J connectivity index is 1.76. The maximum absolute atomic E-state index is 11.7. The zero-order valence-corrected chi connectivity index (χ0v) is 11.4. The molecular weight excluding hydrogens is 260 g/mol. The van der Waals surface area contributed by atoms with E-state index in [0.717, 1.165) is 19.3 Å². The zero-order valence-electron chi connectivity index (χ0n) is 11.4. The molecule has 1 saturated carbocycles. The SMILES string of the molecule is CC1CCC(NC(=O)COc2ccc([N+](=O)[O-])cc2)C1. The van der Waals surface area contributed by atoms with Gasteiger partial charge in [-0.1, -0.05) is 6.92 Å². The van der Waals surface area contributed by atoms with Crippen LogP contribution in [0.1, 0.15) is 26.2 Å². The normalized spacial score (nSPS) is 21.4. The fraction of sp³-hybridized carbons (Fsp3) is 0.500. The standard InChI is InChI=1S/C14H18N2O4/c1-10-2-3-11(8-10)15-14(17)9-20-13-6-4-12(5-7-13)16(18)19/h4-7,10-11H,2-3,8-9H2,1H3,(H,15,17). The molecule has 1 aliphatic rings. The molecule has 1 aliphatic carbocycles. The smallest absolute Gasteiger partial charge is 0.269 e. The van der Waals surface area contributed by atoms with Crippen LogP contribution < -0.4 is 10.1 Å². The van der Waals surface area contributed by atoms with Gasteiger partial charge in [0.15, 0.2) is 6.61 Å². The number of amides is 1. The molecule has 0 heterocycles. The van der Waals surface area contributed by atoms with Crippen LogP contribution >= 0.6 is 0 Å². The van der Waals surface area contributed by atoms with E-state index in [2.05, 4.69) is 12.2 Å². The Morgan fingerprint density at radius 2 is 2.10 bits per heavy atom. The summed E-state index contributed by atoms with van der Waals surface area (Å²) in [5, 5.41) is 13.4. The lowest BCUT2D eigenvalue weighted by Gasteiger charge is -2.12. The number of nitrogens with one attached hydrogen (secondary N) is 1. The predicted octanol–water partition coefficient (Wildman–Crippen LogP) is 2.28. The number of nitrogens with zero attached hydrogens (tertiary/aromatic N) is 1. The predicted molar refractivity (Wildman–Crippen MR) is 73.5 cm³/mol. The van der Waals surface area contributed by atoms with Crippen molar-refractivity contribution < 1.29 is 14.5 Å². The van der Waals surface area contributed by atoms with Crippen LogP contribution in [0.25, 0.3) is 0 Å². The number of nitro groups is 1. The van der Waals surface area contributed by atoms with E-state index in [1.54, 1.807) is 0 Å². The summed E-state index contributed by atoms with van der Waals surface area (Å²) in [4.78, 5) is 21.7. The number of rotatable bonds is 5. The molecule has 1 fully saturated rings. The Bertz CT molecular complexity index is 486. The number of hydrogen-bond donors (Lipinski definition) is 1. The van der Waals surface area contributed by atoms with E-state index < -0.39 is 4.92 Å². The molecule has 0 saturated heterocycles. The number of benzene rings is 1. The number of carbonyl (C=O) groups excluding carboxylic acids is 1. The van der Waals surface area contributed by atoms with E-state index in [1.807, 2.05) is 0 Å². The van der Waals surface area contributed by atoms with Gasteiger partial charge in [-0.2, -0.15) is 0 Å². The molecule has 0 aromatic heterocycles. The molecule has 0 radical (unpaired) electrons. The first kappa shape index (κ1) is 14.3. The van der Waals surface area contributed by atoms with Gasteiger partial charge in [0.05, 0.1) is 4.92 Å². The molecule has 20 heavy (non-hydrogen) atoms. The number of hydrogen-bond acceptors (Lipinski definition) is 4. The first-order valence-corrected chi connectivity index (χ1v) is 6.71. The maximum atomic E-state index is 11.7. The minimum Gasteiger partial charge on any atom is -0.484 e. The van der Waals surface area contributed by atoms with Crippen LogP contribution in [0.2, 0.25) is 0 Å². The molecule has 108 valence electrons. The molecule has 1 N–H and O–H groups in total. The van der Waals surface area contributed by atoms with Crippen LogP contribution in [0.5, 0.6) is 5.75 Å². The van der Waals surface area contributed by atoms with Crippen LogP contribution in [0, 0.1) is 16.0 Å². The Labute approximate surface area is 117 Å². The van der Waals surface area contributed by atoms with Crippen molar-refractivity contribution >= 4 is 11.6 Å². The average Bonchev–Trinajstić information content (AvgIpc) is 2.82. The molecule has 1 aromatic carbocycles. The van der Waals surface area contributed by atoms with Crippen LogP contribution in [-0.2, 0) is 4.79 Å². The van der Waals surface area contributed by atoms with Crippen LogP contribution in [0.3, 0.4) is 0 Å². The summed E-state index contributed by atoms with van der Waals surface area (Å²) in [7, 11) is 0. The number of non-ortho nitro benzene ring substituents is 1. The van der Waals surface area contributed by atoms with Gasteiger partial charge in [-0.05, 0) is 37.3 Å². The first-order valence-electron chi connectivity index (χ1n) is 6.71. The van der Waals surface area contributed by atoms with E-state index >= 15 is 0 Å². The minimum absolute atomic E-state index is 0.00162. The van der Waals surface area contributed by atoms with Gasteiger partial charge in [0.25, 0.3) is 11.6 Å². The molecule has 2 atom stereocenters. The zero-order chi connectivity index (χ0) is 14.5. The summed E-state index contributed by atoms with van der Waals surface area (Å²) < 4.78 is 5.31. The third kappa shape index (κ3) is 3.94. The summed E-state index contributed by atoms with van der Waals surface area (Å²) in [5.41, 5.74) is 0.00162.